The first-order chi connectivity index (χ1) is 7.86. The normalized spacial score (nSPS) is 8.94. The minimum absolute atomic E-state index is 0. The van der Waals surface area contributed by atoms with Gasteiger partial charge in [0.15, 0.2) is 0 Å². The van der Waals surface area contributed by atoms with E-state index < -0.39 is 0 Å². The molecule has 1 aromatic heterocycles. The maximum Gasteiger partial charge on any atom is 2.00 e. The summed E-state index contributed by atoms with van der Waals surface area (Å²) in [5, 5.41) is 2.66. The molecule has 1 nitrogen and oxygen atoms in total. The van der Waals surface area contributed by atoms with Gasteiger partial charge in [-0.15, -0.1) is 41.4 Å². The first-order valence-electron chi connectivity index (χ1n) is 5.20. The van der Waals surface area contributed by atoms with Crippen molar-refractivity contribution in [1.29, 1.82) is 0 Å². The van der Waals surface area contributed by atoms with Crippen molar-refractivity contribution in [2.45, 2.75) is 0 Å². The molecule has 2 heteroatoms. The monoisotopic (exact) mass is 259 g/mol. The Kier molecular flexibility index (Phi) is 5.42. The second-order valence-electron chi connectivity index (χ2n) is 3.48. The molecule has 3 rings (SSSR count). The standard InChI is InChI=1S/C9H7.C6H6N.Cr/c1-2-5-9-7-3-6-8(9)4-1;1-6-4-2-3-5-7-6;/h1-7H;2-5H,1H2;/q2*-1;+2. The Labute approximate surface area is 113 Å². The minimum atomic E-state index is 0. The van der Waals surface area contributed by atoms with E-state index in [-0.39, 0.29) is 17.4 Å². The first kappa shape index (κ1) is 13.4. The molecule has 0 fully saturated rings. The van der Waals surface area contributed by atoms with Gasteiger partial charge in [0.05, 0.1) is 0 Å². The number of rotatable bonds is 0. The summed E-state index contributed by atoms with van der Waals surface area (Å²) >= 11 is 0. The fourth-order valence-corrected chi connectivity index (χ4v) is 1.47. The van der Waals surface area contributed by atoms with Crippen LogP contribution in [0.5, 0.6) is 0 Å². The predicted molar refractivity (Wildman–Crippen MR) is 68.2 cm³/mol. The molecular formula is C15H13CrN. The van der Waals surface area contributed by atoms with Crippen LogP contribution in [0.1, 0.15) is 5.69 Å². The van der Waals surface area contributed by atoms with Gasteiger partial charge in [-0.25, -0.2) is 6.92 Å². The van der Waals surface area contributed by atoms with E-state index in [4.69, 9.17) is 0 Å². The van der Waals surface area contributed by atoms with E-state index in [1.54, 1.807) is 6.20 Å². The largest absolute Gasteiger partial charge is 2.00 e. The third kappa shape index (κ3) is 4.03. The molecule has 0 spiro atoms. The van der Waals surface area contributed by atoms with Crippen LogP contribution in [0.3, 0.4) is 0 Å². The molecule has 3 aromatic rings. The molecule has 0 aliphatic carbocycles. The second kappa shape index (κ2) is 6.86. The van der Waals surface area contributed by atoms with E-state index in [0.29, 0.717) is 0 Å². The van der Waals surface area contributed by atoms with Gasteiger partial charge in [-0.05, 0) is 0 Å². The van der Waals surface area contributed by atoms with E-state index >= 15 is 0 Å². The molecule has 0 atom stereocenters. The maximum atomic E-state index is 3.87. The molecule has 0 amide bonds. The Morgan fingerprint density at radius 3 is 2.29 bits per heavy atom. The van der Waals surface area contributed by atoms with Gasteiger partial charge >= 0.3 is 17.4 Å². The molecule has 0 saturated heterocycles. The van der Waals surface area contributed by atoms with Crippen molar-refractivity contribution in [3.8, 4) is 0 Å². The van der Waals surface area contributed by atoms with Crippen molar-refractivity contribution in [3.63, 3.8) is 0 Å². The molecule has 0 N–H and O–H groups in total. The van der Waals surface area contributed by atoms with Crippen LogP contribution >= 0.6 is 0 Å². The molecule has 17 heavy (non-hydrogen) atoms. The summed E-state index contributed by atoms with van der Waals surface area (Å²) in [5.74, 6) is 0. The van der Waals surface area contributed by atoms with Gasteiger partial charge in [0.25, 0.3) is 0 Å². The summed E-state index contributed by atoms with van der Waals surface area (Å²) < 4.78 is 0. The molecule has 0 aliphatic heterocycles. The quantitative estimate of drug-likeness (QED) is 0.559. The smallest absolute Gasteiger partial charge is 0.296 e. The van der Waals surface area contributed by atoms with Crippen LogP contribution in [0.15, 0.2) is 66.9 Å². The fraction of sp³-hybridized carbons (Fsp3) is 0. The van der Waals surface area contributed by atoms with Crippen LogP contribution in [0.25, 0.3) is 10.8 Å². The third-order valence-electron chi connectivity index (χ3n) is 2.27. The summed E-state index contributed by atoms with van der Waals surface area (Å²) in [6.45, 7) is 3.61. The molecule has 84 valence electrons. The van der Waals surface area contributed by atoms with Gasteiger partial charge in [0, 0.05) is 6.20 Å². The van der Waals surface area contributed by atoms with Crippen LogP contribution in [-0.2, 0) is 17.4 Å². The van der Waals surface area contributed by atoms with Crippen LogP contribution in [0.2, 0.25) is 0 Å². The van der Waals surface area contributed by atoms with Gasteiger partial charge in [-0.3, -0.25) is 4.98 Å². The van der Waals surface area contributed by atoms with Crippen LogP contribution in [0, 0.1) is 6.92 Å². The summed E-state index contributed by atoms with van der Waals surface area (Å²) in [6, 6.07) is 20.3. The average Bonchev–Trinajstić information content (AvgIpc) is 2.79. The molecule has 0 aliphatic rings. The SMILES string of the molecule is [CH2-]c1ccccn1.[Cr+2].c1ccc2[cH-]ccc2c1. The number of nitrogens with zero attached hydrogens (tertiary/aromatic N) is 1. The molecule has 2 aromatic carbocycles. The number of pyridine rings is 1. The van der Waals surface area contributed by atoms with Crippen molar-refractivity contribution in [2.24, 2.45) is 0 Å². The van der Waals surface area contributed by atoms with Gasteiger partial charge in [0.1, 0.15) is 0 Å². The Morgan fingerprint density at radius 2 is 1.71 bits per heavy atom. The third-order valence-corrected chi connectivity index (χ3v) is 2.27. The van der Waals surface area contributed by atoms with Gasteiger partial charge in [-0.2, -0.15) is 23.6 Å². The molecule has 1 heterocycles. The van der Waals surface area contributed by atoms with Gasteiger partial charge in [-0.1, -0.05) is 12.1 Å². The molecule has 0 bridgehead atoms. The summed E-state index contributed by atoms with van der Waals surface area (Å²) in [5.41, 5.74) is 0.822. The minimum Gasteiger partial charge on any atom is -0.296 e. The first-order valence-corrected chi connectivity index (χ1v) is 5.20. The number of hydrogen-bond acceptors (Lipinski definition) is 1. The van der Waals surface area contributed by atoms with Crippen molar-refractivity contribution >= 4 is 10.8 Å². The van der Waals surface area contributed by atoms with Crippen LogP contribution in [-0.4, -0.2) is 4.98 Å². The zero-order valence-electron chi connectivity index (χ0n) is 9.41. The van der Waals surface area contributed by atoms with Crippen molar-refractivity contribution in [3.05, 3.63) is 79.5 Å². The molecular weight excluding hydrogens is 246 g/mol. The van der Waals surface area contributed by atoms with E-state index in [9.17, 15) is 0 Å². The van der Waals surface area contributed by atoms with Gasteiger partial charge in [0.2, 0.25) is 0 Å². The Hall–Kier alpha value is -1.62. The Morgan fingerprint density at radius 1 is 0.941 bits per heavy atom. The summed E-state index contributed by atoms with van der Waals surface area (Å²) in [7, 11) is 0. The topological polar surface area (TPSA) is 12.9 Å². The number of fused-ring (bicyclic) bond motifs is 1. The predicted octanol–water partition coefficient (Wildman–Crippen LogP) is 3.82. The van der Waals surface area contributed by atoms with E-state index in [1.807, 2.05) is 18.2 Å². The van der Waals surface area contributed by atoms with E-state index in [2.05, 4.69) is 54.4 Å². The van der Waals surface area contributed by atoms with Crippen LogP contribution in [0.4, 0.5) is 0 Å². The number of benzene rings is 1. The molecule has 0 saturated carbocycles. The Balaban J connectivity index is 0.000000166. The summed E-state index contributed by atoms with van der Waals surface area (Å²) in [6.07, 6.45) is 1.72. The molecule has 0 unspecified atom stereocenters. The van der Waals surface area contributed by atoms with Crippen LogP contribution < -0.4 is 0 Å². The average molecular weight is 259 g/mol. The zero-order chi connectivity index (χ0) is 11.2. The van der Waals surface area contributed by atoms with Gasteiger partial charge < -0.3 is 0 Å². The number of aromatic nitrogens is 1. The van der Waals surface area contributed by atoms with E-state index in [0.717, 1.165) is 5.69 Å². The second-order valence-corrected chi connectivity index (χ2v) is 3.48. The summed E-state index contributed by atoms with van der Waals surface area (Å²) in [4.78, 5) is 3.87. The zero-order valence-corrected chi connectivity index (χ0v) is 10.7. The fourth-order valence-electron chi connectivity index (χ4n) is 1.47. The molecule has 0 radical (unpaired) electrons. The van der Waals surface area contributed by atoms with E-state index in [1.165, 1.54) is 10.8 Å². The van der Waals surface area contributed by atoms with Crippen molar-refractivity contribution < 1.29 is 17.4 Å². The van der Waals surface area contributed by atoms with Crippen molar-refractivity contribution in [1.82, 2.24) is 4.98 Å². The number of hydrogen-bond donors (Lipinski definition) is 0. The van der Waals surface area contributed by atoms with Crippen molar-refractivity contribution in [2.75, 3.05) is 0 Å². The maximum absolute atomic E-state index is 3.87. The Bertz CT molecular complexity index is 513.